The van der Waals surface area contributed by atoms with E-state index in [1.54, 1.807) is 9.20 Å². The van der Waals surface area contributed by atoms with Crippen LogP contribution in [0.1, 0.15) is 22.8 Å². The Labute approximate surface area is 230 Å². The smallest absolute Gasteiger partial charge is 0.413 e. The Morgan fingerprint density at radius 2 is 1.80 bits per heavy atom. The van der Waals surface area contributed by atoms with Gasteiger partial charge in [0.25, 0.3) is 0 Å². The summed E-state index contributed by atoms with van der Waals surface area (Å²) in [5, 5.41) is 25.3. The Hall–Kier alpha value is -4.45. The van der Waals surface area contributed by atoms with Crippen LogP contribution in [-0.2, 0) is 25.4 Å². The summed E-state index contributed by atoms with van der Waals surface area (Å²) in [5.74, 6) is 1.16. The summed E-state index contributed by atoms with van der Waals surface area (Å²) in [4.78, 5) is 21.3. The third-order valence-electron chi connectivity index (χ3n) is 8.17. The molecule has 12 heteroatoms. The molecule has 4 aromatic heterocycles. The fraction of sp³-hybridized carbons (Fsp3) is 0.393. The molecular weight excluding hydrogens is 510 g/mol. The normalized spacial score (nSPS) is 16.1. The van der Waals surface area contributed by atoms with Crippen molar-refractivity contribution in [1.82, 2.24) is 34.2 Å². The van der Waals surface area contributed by atoms with Crippen LogP contribution in [0.15, 0.2) is 30.3 Å². The molecule has 0 unspecified atom stereocenters. The molecule has 1 amide bonds. The second kappa shape index (κ2) is 8.52. The summed E-state index contributed by atoms with van der Waals surface area (Å²) in [6.45, 7) is 9.11. The van der Waals surface area contributed by atoms with Gasteiger partial charge in [-0.2, -0.15) is 19.8 Å². The second-order valence-electron chi connectivity index (χ2n) is 11.2. The zero-order valence-electron chi connectivity index (χ0n) is 23.2. The minimum absolute atomic E-state index is 0.123. The number of rotatable bonds is 5. The summed E-state index contributed by atoms with van der Waals surface area (Å²) in [7, 11) is 3.76. The van der Waals surface area contributed by atoms with Crippen LogP contribution < -0.4 is 9.80 Å². The number of hydrogen-bond acceptors (Lipinski definition) is 7. The molecule has 6 heterocycles. The lowest BCUT2D eigenvalue weighted by atomic mass is 9.78. The minimum Gasteiger partial charge on any atom is -0.465 e. The van der Waals surface area contributed by atoms with Crippen molar-refractivity contribution in [3.05, 3.63) is 53.1 Å². The maximum Gasteiger partial charge on any atom is 0.413 e. The molecule has 1 N–H and O–H groups in total. The molecule has 0 radical (unpaired) electrons. The number of ether oxygens (including phenoxy) is 1. The quantitative estimate of drug-likeness (QED) is 0.359. The zero-order valence-corrected chi connectivity index (χ0v) is 23.2. The van der Waals surface area contributed by atoms with E-state index in [1.807, 2.05) is 51.7 Å². The highest BCUT2D eigenvalue weighted by Crippen LogP contribution is 2.41. The standard InChI is InChI=1S/C28H31N9O3/c1-16-8-20(33(4)30-16)11-36(27(38)39)24-10-23(35-12-28(13-35)14-40-15-28)29-26-25(18(3)32-37(24)26)19-6-7-22-21(9-19)17(2)31-34(22)5/h6-10H,11-15H2,1-5H3,(H,38,39). The van der Waals surface area contributed by atoms with Gasteiger partial charge in [-0.15, -0.1) is 0 Å². The molecule has 7 rings (SSSR count). The zero-order chi connectivity index (χ0) is 27.9. The van der Waals surface area contributed by atoms with Gasteiger partial charge in [0.15, 0.2) is 5.65 Å². The Balaban J connectivity index is 1.41. The highest BCUT2D eigenvalue weighted by Gasteiger charge is 2.49. The van der Waals surface area contributed by atoms with Crippen LogP contribution >= 0.6 is 0 Å². The third-order valence-corrected chi connectivity index (χ3v) is 8.17. The molecule has 0 saturated carbocycles. The fourth-order valence-corrected chi connectivity index (χ4v) is 6.10. The lowest BCUT2D eigenvalue weighted by Gasteiger charge is -2.55. The SMILES string of the molecule is Cc1cc(CN(C(=O)O)c2cc(N3CC4(COC4)C3)nc3c(-c4ccc5c(c4)c(C)nn5C)c(C)nn23)n(C)n1. The average molecular weight is 542 g/mol. The molecule has 0 bridgehead atoms. The van der Waals surface area contributed by atoms with Gasteiger partial charge in [0, 0.05) is 44.2 Å². The number of aromatic nitrogens is 7. The number of fused-ring (bicyclic) bond motifs is 2. The van der Waals surface area contributed by atoms with E-state index in [4.69, 9.17) is 14.8 Å². The lowest BCUT2D eigenvalue weighted by molar-refractivity contribution is -0.127. The maximum absolute atomic E-state index is 12.7. The van der Waals surface area contributed by atoms with Gasteiger partial charge in [-0.3, -0.25) is 14.3 Å². The molecule has 0 atom stereocenters. The first-order chi connectivity index (χ1) is 19.1. The molecule has 2 aliphatic rings. The number of anilines is 2. The van der Waals surface area contributed by atoms with E-state index in [1.165, 1.54) is 4.90 Å². The summed E-state index contributed by atoms with van der Waals surface area (Å²) in [5.41, 5.74) is 6.99. The van der Waals surface area contributed by atoms with Crippen LogP contribution in [-0.4, -0.2) is 71.7 Å². The van der Waals surface area contributed by atoms with Crippen molar-refractivity contribution in [3.8, 4) is 11.1 Å². The Kier molecular flexibility index (Phi) is 5.24. The van der Waals surface area contributed by atoms with E-state index in [0.717, 1.165) is 76.9 Å². The second-order valence-corrected chi connectivity index (χ2v) is 11.2. The van der Waals surface area contributed by atoms with Crippen molar-refractivity contribution in [2.75, 3.05) is 36.1 Å². The summed E-state index contributed by atoms with van der Waals surface area (Å²) >= 11 is 0. The van der Waals surface area contributed by atoms with E-state index in [0.29, 0.717) is 11.5 Å². The van der Waals surface area contributed by atoms with Crippen molar-refractivity contribution < 1.29 is 14.6 Å². The first-order valence-corrected chi connectivity index (χ1v) is 13.3. The van der Waals surface area contributed by atoms with Crippen molar-refractivity contribution in [3.63, 3.8) is 0 Å². The summed E-state index contributed by atoms with van der Waals surface area (Å²) in [6, 6.07) is 9.96. The Morgan fingerprint density at radius 1 is 1.02 bits per heavy atom. The number of carbonyl (C=O) groups is 1. The van der Waals surface area contributed by atoms with Crippen molar-refractivity contribution in [2.24, 2.45) is 19.5 Å². The summed E-state index contributed by atoms with van der Waals surface area (Å²) < 4.78 is 10.7. The van der Waals surface area contributed by atoms with Gasteiger partial charge >= 0.3 is 6.09 Å². The monoisotopic (exact) mass is 541 g/mol. The highest BCUT2D eigenvalue weighted by molar-refractivity contribution is 5.92. The van der Waals surface area contributed by atoms with Gasteiger partial charge in [0.2, 0.25) is 0 Å². The van der Waals surface area contributed by atoms with E-state index in [9.17, 15) is 9.90 Å². The Morgan fingerprint density at radius 3 is 2.45 bits per heavy atom. The van der Waals surface area contributed by atoms with Crippen molar-refractivity contribution in [1.29, 1.82) is 0 Å². The first kappa shape index (κ1) is 24.6. The first-order valence-electron chi connectivity index (χ1n) is 13.3. The molecule has 1 spiro atoms. The molecule has 206 valence electrons. The number of amides is 1. The third kappa shape index (κ3) is 3.66. The molecule has 2 saturated heterocycles. The van der Waals surface area contributed by atoms with Gasteiger partial charge in [0.1, 0.15) is 11.6 Å². The van der Waals surface area contributed by atoms with Crippen LogP contribution in [0.25, 0.3) is 27.7 Å². The predicted octanol–water partition coefficient (Wildman–Crippen LogP) is 3.46. The molecule has 40 heavy (non-hydrogen) atoms. The van der Waals surface area contributed by atoms with Gasteiger partial charge in [-0.25, -0.2) is 9.78 Å². The van der Waals surface area contributed by atoms with E-state index in [2.05, 4.69) is 33.3 Å². The highest BCUT2D eigenvalue weighted by atomic mass is 16.5. The molecule has 5 aromatic rings. The predicted molar refractivity (Wildman–Crippen MR) is 150 cm³/mol. The summed E-state index contributed by atoms with van der Waals surface area (Å²) in [6.07, 6.45) is -1.08. The largest absolute Gasteiger partial charge is 0.465 e. The van der Waals surface area contributed by atoms with Gasteiger partial charge in [-0.05, 0) is 44.5 Å². The molecule has 1 aromatic carbocycles. The van der Waals surface area contributed by atoms with Crippen molar-refractivity contribution >= 4 is 34.3 Å². The lowest BCUT2D eigenvalue weighted by Crippen LogP contribution is -2.66. The Bertz CT molecular complexity index is 1820. The molecule has 12 nitrogen and oxygen atoms in total. The minimum atomic E-state index is -1.08. The number of benzene rings is 1. The molecular formula is C28H31N9O3. The topological polar surface area (TPSA) is 119 Å². The number of nitrogens with zero attached hydrogens (tertiary/aromatic N) is 9. The molecule has 0 aliphatic carbocycles. The van der Waals surface area contributed by atoms with Crippen LogP contribution in [0.4, 0.5) is 16.4 Å². The fourth-order valence-electron chi connectivity index (χ4n) is 6.10. The number of carboxylic acid groups (broad SMARTS) is 1. The van der Waals surface area contributed by atoms with Crippen LogP contribution in [0.2, 0.25) is 0 Å². The molecule has 2 fully saturated rings. The van der Waals surface area contributed by atoms with E-state index in [-0.39, 0.29) is 12.0 Å². The van der Waals surface area contributed by atoms with Gasteiger partial charge < -0.3 is 14.7 Å². The number of aryl methyl sites for hydroxylation is 5. The van der Waals surface area contributed by atoms with Crippen molar-refractivity contribution in [2.45, 2.75) is 27.3 Å². The average Bonchev–Trinajstić information content (AvgIpc) is 3.45. The van der Waals surface area contributed by atoms with Crippen LogP contribution in [0, 0.1) is 26.2 Å². The molecule has 2 aliphatic heterocycles. The number of hydrogen-bond donors (Lipinski definition) is 1. The maximum atomic E-state index is 12.7. The van der Waals surface area contributed by atoms with E-state index < -0.39 is 6.09 Å². The van der Waals surface area contributed by atoms with E-state index >= 15 is 0 Å². The van der Waals surface area contributed by atoms with Gasteiger partial charge in [-0.1, -0.05) is 6.07 Å². The van der Waals surface area contributed by atoms with Gasteiger partial charge in [0.05, 0.1) is 53.5 Å². The van der Waals surface area contributed by atoms with Crippen LogP contribution in [0.5, 0.6) is 0 Å². The van der Waals surface area contributed by atoms with Crippen LogP contribution in [0.3, 0.4) is 0 Å².